The Bertz CT molecular complexity index is 1020. The van der Waals surface area contributed by atoms with E-state index in [9.17, 15) is 4.79 Å². The normalized spacial score (nSPS) is 15.8. The van der Waals surface area contributed by atoms with Gasteiger partial charge in [0.25, 0.3) is 0 Å². The highest BCUT2D eigenvalue weighted by atomic mass is 32.1. The number of nitrogens with zero attached hydrogens (tertiary/aromatic N) is 4. The second-order valence-corrected chi connectivity index (χ2v) is 9.94. The number of aromatic nitrogens is 3. The maximum absolute atomic E-state index is 12.3. The molecular weight excluding hydrogens is 382 g/mol. The molecule has 0 aliphatic carbocycles. The van der Waals surface area contributed by atoms with E-state index in [0.29, 0.717) is 0 Å². The summed E-state index contributed by atoms with van der Waals surface area (Å²) in [5.74, 6) is 0.129. The zero-order valence-corrected chi connectivity index (χ0v) is 18.6. The number of fused-ring (bicyclic) bond motifs is 1. The fourth-order valence-corrected chi connectivity index (χ4v) is 4.58. The van der Waals surface area contributed by atoms with Crippen LogP contribution in [0.25, 0.3) is 16.0 Å². The highest BCUT2D eigenvalue weighted by Gasteiger charge is 2.28. The van der Waals surface area contributed by atoms with Gasteiger partial charge in [0.1, 0.15) is 0 Å². The molecule has 2 aromatic heterocycles. The van der Waals surface area contributed by atoms with Gasteiger partial charge in [0.2, 0.25) is 5.91 Å². The molecule has 0 radical (unpaired) electrons. The number of nitrogens with one attached hydrogen (secondary N) is 1. The summed E-state index contributed by atoms with van der Waals surface area (Å²) in [6.07, 6.45) is 1.89. The fraction of sp³-hybridized carbons (Fsp3) is 0.500. The molecule has 0 bridgehead atoms. The van der Waals surface area contributed by atoms with Crippen LogP contribution < -0.4 is 10.2 Å². The van der Waals surface area contributed by atoms with E-state index in [1.54, 1.807) is 11.3 Å². The molecule has 0 saturated carbocycles. The molecule has 1 aliphatic rings. The van der Waals surface area contributed by atoms with Gasteiger partial charge in [-0.1, -0.05) is 49.8 Å². The molecule has 0 atom stereocenters. The SMILES string of the molecule is Cc1ccc(-n2nc(C)c3sc(N4CCC(NC(=O)C(C)(C)C)CC4)nc32)cc1. The molecule has 29 heavy (non-hydrogen) atoms. The summed E-state index contributed by atoms with van der Waals surface area (Å²) in [6.45, 7) is 11.8. The van der Waals surface area contributed by atoms with Crippen LogP contribution in [0.4, 0.5) is 5.13 Å². The van der Waals surface area contributed by atoms with Gasteiger partial charge in [-0.25, -0.2) is 4.68 Å². The Morgan fingerprint density at radius 1 is 1.14 bits per heavy atom. The minimum Gasteiger partial charge on any atom is -0.353 e. The third-order valence-electron chi connectivity index (χ3n) is 5.44. The first-order chi connectivity index (χ1) is 13.7. The van der Waals surface area contributed by atoms with Crippen molar-refractivity contribution in [2.75, 3.05) is 18.0 Å². The molecular formula is C22H29N5OS. The lowest BCUT2D eigenvalue weighted by Gasteiger charge is -2.33. The first-order valence-electron chi connectivity index (χ1n) is 10.2. The minimum absolute atomic E-state index is 0.129. The molecule has 1 saturated heterocycles. The predicted octanol–water partition coefficient (Wildman–Crippen LogP) is 4.23. The molecule has 1 aromatic carbocycles. The van der Waals surface area contributed by atoms with Crippen LogP contribution in [0.5, 0.6) is 0 Å². The average Bonchev–Trinajstić information content (AvgIpc) is 3.23. The monoisotopic (exact) mass is 411 g/mol. The van der Waals surface area contributed by atoms with Crippen LogP contribution in [-0.4, -0.2) is 39.8 Å². The summed E-state index contributed by atoms with van der Waals surface area (Å²) in [6, 6.07) is 8.62. The Labute approximate surface area is 175 Å². The van der Waals surface area contributed by atoms with Crippen molar-refractivity contribution in [2.24, 2.45) is 5.41 Å². The molecule has 154 valence electrons. The van der Waals surface area contributed by atoms with Crippen molar-refractivity contribution in [3.05, 3.63) is 35.5 Å². The number of carbonyl (C=O) groups is 1. The summed E-state index contributed by atoms with van der Waals surface area (Å²) >= 11 is 1.71. The highest BCUT2D eigenvalue weighted by Crippen LogP contribution is 2.33. The zero-order valence-electron chi connectivity index (χ0n) is 17.8. The molecule has 7 heteroatoms. The smallest absolute Gasteiger partial charge is 0.225 e. The molecule has 0 spiro atoms. The molecule has 1 aliphatic heterocycles. The molecule has 1 amide bonds. The second-order valence-electron chi connectivity index (χ2n) is 8.97. The topological polar surface area (TPSA) is 63.1 Å². The number of hydrogen-bond acceptors (Lipinski definition) is 5. The summed E-state index contributed by atoms with van der Waals surface area (Å²) < 4.78 is 3.09. The number of piperidine rings is 1. The molecule has 4 rings (SSSR count). The van der Waals surface area contributed by atoms with Gasteiger partial charge in [-0.05, 0) is 38.8 Å². The summed E-state index contributed by atoms with van der Waals surface area (Å²) in [5.41, 5.74) is 3.86. The molecule has 3 heterocycles. The first kappa shape index (κ1) is 19.9. The van der Waals surface area contributed by atoms with Crippen molar-refractivity contribution < 1.29 is 4.79 Å². The van der Waals surface area contributed by atoms with Crippen LogP contribution in [0.15, 0.2) is 24.3 Å². The van der Waals surface area contributed by atoms with Gasteiger partial charge in [-0.15, -0.1) is 0 Å². The fourth-order valence-electron chi connectivity index (χ4n) is 3.54. The van der Waals surface area contributed by atoms with E-state index >= 15 is 0 Å². The van der Waals surface area contributed by atoms with Gasteiger partial charge in [-0.2, -0.15) is 10.1 Å². The third-order valence-corrected chi connectivity index (χ3v) is 6.65. The Balaban J connectivity index is 1.50. The number of thiazole rings is 1. The van der Waals surface area contributed by atoms with Crippen LogP contribution in [-0.2, 0) is 4.79 Å². The van der Waals surface area contributed by atoms with Gasteiger partial charge in [-0.3, -0.25) is 4.79 Å². The van der Waals surface area contributed by atoms with Crippen LogP contribution >= 0.6 is 11.3 Å². The van der Waals surface area contributed by atoms with Crippen molar-refractivity contribution in [1.29, 1.82) is 0 Å². The van der Waals surface area contributed by atoms with E-state index in [4.69, 9.17) is 10.1 Å². The van der Waals surface area contributed by atoms with Crippen molar-refractivity contribution in [2.45, 2.75) is 53.5 Å². The predicted molar refractivity (Wildman–Crippen MR) is 119 cm³/mol. The molecule has 1 fully saturated rings. The zero-order chi connectivity index (χ0) is 20.8. The van der Waals surface area contributed by atoms with Crippen molar-refractivity contribution in [3.63, 3.8) is 0 Å². The average molecular weight is 412 g/mol. The molecule has 3 aromatic rings. The lowest BCUT2D eigenvalue weighted by atomic mass is 9.94. The standard InChI is InChI=1S/C22H29N5OS/c1-14-6-8-17(9-7-14)27-19-18(15(2)25-27)29-21(24-19)26-12-10-16(11-13-26)23-20(28)22(3,4)5/h6-9,16H,10-13H2,1-5H3,(H,23,28). The van der Waals surface area contributed by atoms with Gasteiger partial charge < -0.3 is 10.2 Å². The second kappa shape index (κ2) is 7.44. The van der Waals surface area contributed by atoms with Crippen LogP contribution in [0.1, 0.15) is 44.9 Å². The van der Waals surface area contributed by atoms with Crippen molar-refractivity contribution in [1.82, 2.24) is 20.1 Å². The molecule has 0 unspecified atom stereocenters. The van der Waals surface area contributed by atoms with E-state index in [2.05, 4.69) is 41.4 Å². The van der Waals surface area contributed by atoms with Crippen LogP contribution in [0.3, 0.4) is 0 Å². The van der Waals surface area contributed by atoms with Gasteiger partial charge in [0.05, 0.1) is 16.1 Å². The van der Waals surface area contributed by atoms with E-state index in [-0.39, 0.29) is 17.4 Å². The van der Waals surface area contributed by atoms with Gasteiger partial charge in [0, 0.05) is 24.5 Å². The maximum Gasteiger partial charge on any atom is 0.225 e. The first-order valence-corrected chi connectivity index (χ1v) is 11.0. The summed E-state index contributed by atoms with van der Waals surface area (Å²) in [4.78, 5) is 19.5. The van der Waals surface area contributed by atoms with Crippen LogP contribution in [0, 0.1) is 19.3 Å². The quantitative estimate of drug-likeness (QED) is 0.701. The van der Waals surface area contributed by atoms with E-state index in [1.807, 2.05) is 32.4 Å². The maximum atomic E-state index is 12.3. The number of amides is 1. The Kier molecular flexibility index (Phi) is 5.11. The van der Waals surface area contributed by atoms with E-state index in [0.717, 1.165) is 52.8 Å². The highest BCUT2D eigenvalue weighted by molar-refractivity contribution is 7.22. The number of rotatable bonds is 3. The lowest BCUT2D eigenvalue weighted by molar-refractivity contribution is -0.129. The number of benzene rings is 1. The van der Waals surface area contributed by atoms with Crippen molar-refractivity contribution >= 4 is 32.7 Å². The minimum atomic E-state index is -0.344. The Morgan fingerprint density at radius 3 is 2.41 bits per heavy atom. The van der Waals surface area contributed by atoms with Crippen LogP contribution in [0.2, 0.25) is 0 Å². The molecule has 6 nitrogen and oxygen atoms in total. The Morgan fingerprint density at radius 2 is 1.79 bits per heavy atom. The lowest BCUT2D eigenvalue weighted by Crippen LogP contribution is -2.47. The third kappa shape index (κ3) is 4.01. The largest absolute Gasteiger partial charge is 0.353 e. The summed E-state index contributed by atoms with van der Waals surface area (Å²) in [7, 11) is 0. The van der Waals surface area contributed by atoms with E-state index in [1.165, 1.54) is 5.56 Å². The van der Waals surface area contributed by atoms with Gasteiger partial charge in [0.15, 0.2) is 10.8 Å². The Hall–Kier alpha value is -2.41. The van der Waals surface area contributed by atoms with Crippen molar-refractivity contribution in [3.8, 4) is 5.69 Å². The molecule has 1 N–H and O–H groups in total. The summed E-state index contributed by atoms with van der Waals surface area (Å²) in [5, 5.41) is 8.95. The number of anilines is 1. The van der Waals surface area contributed by atoms with Gasteiger partial charge >= 0.3 is 0 Å². The van der Waals surface area contributed by atoms with E-state index < -0.39 is 0 Å². The number of carbonyl (C=O) groups excluding carboxylic acids is 1. The number of hydrogen-bond donors (Lipinski definition) is 1. The number of aryl methyl sites for hydroxylation is 2.